The van der Waals surface area contributed by atoms with Crippen LogP contribution in [0.1, 0.15) is 55.9 Å². The molecule has 0 spiro atoms. The Hall–Kier alpha value is -4.13. The molecule has 7 heteroatoms. The second-order valence-electron chi connectivity index (χ2n) is 9.09. The lowest BCUT2D eigenvalue weighted by Crippen LogP contribution is -2.36. The summed E-state index contributed by atoms with van der Waals surface area (Å²) in [6, 6.07) is 15.1. The average molecular weight is 484 g/mol. The number of carbonyl (C=O) groups excluding carboxylic acids is 2. The summed E-state index contributed by atoms with van der Waals surface area (Å²) in [5, 5.41) is 0. The van der Waals surface area contributed by atoms with Gasteiger partial charge in [-0.2, -0.15) is 0 Å². The quantitative estimate of drug-likeness (QED) is 0.605. The van der Waals surface area contributed by atoms with E-state index in [1.165, 1.54) is 11.1 Å². The summed E-state index contributed by atoms with van der Waals surface area (Å²) in [6.45, 7) is 1.23. The fourth-order valence-electron chi connectivity index (χ4n) is 5.20. The number of fused-ring (bicyclic) bond motifs is 2. The summed E-state index contributed by atoms with van der Waals surface area (Å²) in [6.07, 6.45) is 5.00. The minimum Gasteiger partial charge on any atom is -0.493 e. The van der Waals surface area contributed by atoms with Crippen molar-refractivity contribution in [1.29, 1.82) is 0 Å². The summed E-state index contributed by atoms with van der Waals surface area (Å²) >= 11 is 0. The van der Waals surface area contributed by atoms with Crippen molar-refractivity contribution in [3.05, 3.63) is 93.8 Å². The topological polar surface area (TPSA) is 94.8 Å². The van der Waals surface area contributed by atoms with Crippen LogP contribution in [0.2, 0.25) is 0 Å². The third-order valence-electron chi connectivity index (χ3n) is 7.09. The number of methoxy groups -OCH3 is 2. The van der Waals surface area contributed by atoms with Gasteiger partial charge in [0.05, 0.1) is 19.9 Å². The second kappa shape index (κ2) is 9.85. The van der Waals surface area contributed by atoms with Crippen molar-refractivity contribution in [2.24, 2.45) is 5.73 Å². The molecule has 0 atom stereocenters. The largest absolute Gasteiger partial charge is 0.493 e. The Morgan fingerprint density at radius 2 is 1.58 bits per heavy atom. The Balaban J connectivity index is 1.47. The van der Waals surface area contributed by atoms with Crippen LogP contribution in [0, 0.1) is 0 Å². The van der Waals surface area contributed by atoms with Crippen molar-refractivity contribution in [1.82, 2.24) is 9.88 Å². The van der Waals surface area contributed by atoms with E-state index >= 15 is 0 Å². The lowest BCUT2D eigenvalue weighted by molar-refractivity contribution is 0.0743. The predicted octanol–water partition coefficient (Wildman–Crippen LogP) is 4.03. The number of benzene rings is 2. The van der Waals surface area contributed by atoms with E-state index in [1.807, 2.05) is 29.3 Å². The van der Waals surface area contributed by atoms with Crippen molar-refractivity contribution in [3.63, 3.8) is 0 Å². The Morgan fingerprint density at radius 1 is 0.861 bits per heavy atom. The maximum Gasteiger partial charge on any atom is 0.254 e. The zero-order chi connectivity index (χ0) is 25.2. The number of likely N-dealkylation sites (tertiary alicyclic amines) is 1. The van der Waals surface area contributed by atoms with E-state index in [4.69, 9.17) is 20.2 Å². The van der Waals surface area contributed by atoms with Crippen LogP contribution < -0.4 is 15.2 Å². The molecule has 2 aromatic carbocycles. The number of hydrogen-bond acceptors (Lipinski definition) is 5. The molecule has 2 heterocycles. The van der Waals surface area contributed by atoms with E-state index in [9.17, 15) is 9.59 Å². The molecule has 1 aliphatic carbocycles. The minimum atomic E-state index is -0.422. The molecular weight excluding hydrogens is 454 g/mol. The van der Waals surface area contributed by atoms with Gasteiger partial charge in [-0.1, -0.05) is 17.7 Å². The number of nitrogens with two attached hydrogens (primary N) is 1. The highest BCUT2D eigenvalue weighted by Crippen LogP contribution is 2.38. The third-order valence-corrected chi connectivity index (χ3v) is 7.09. The molecule has 2 aliphatic rings. The van der Waals surface area contributed by atoms with Crippen LogP contribution in [-0.4, -0.2) is 49.0 Å². The van der Waals surface area contributed by atoms with Crippen LogP contribution in [0.25, 0.3) is 5.57 Å². The van der Waals surface area contributed by atoms with Crippen molar-refractivity contribution in [2.75, 3.05) is 27.3 Å². The van der Waals surface area contributed by atoms with Crippen LogP contribution in [0.3, 0.4) is 0 Å². The van der Waals surface area contributed by atoms with Gasteiger partial charge < -0.3 is 20.1 Å². The first-order chi connectivity index (χ1) is 17.5. The first kappa shape index (κ1) is 23.6. The Kier molecular flexibility index (Phi) is 6.46. The molecule has 1 saturated heterocycles. The fraction of sp³-hybridized carbons (Fsp3) is 0.276. The van der Waals surface area contributed by atoms with Gasteiger partial charge in [-0.3, -0.25) is 14.6 Å². The minimum absolute atomic E-state index is 0.0223. The smallest absolute Gasteiger partial charge is 0.254 e. The molecule has 0 bridgehead atoms. The molecule has 1 aromatic heterocycles. The number of amides is 2. The van der Waals surface area contributed by atoms with Crippen LogP contribution in [0.15, 0.2) is 60.3 Å². The lowest BCUT2D eigenvalue weighted by Gasteiger charge is -2.30. The number of aryl methyl sites for hydroxylation is 2. The highest BCUT2D eigenvalue weighted by molar-refractivity contribution is 5.96. The van der Waals surface area contributed by atoms with Crippen LogP contribution in [0.4, 0.5) is 0 Å². The van der Waals surface area contributed by atoms with E-state index in [0.29, 0.717) is 35.7 Å². The standard InChI is InChI=1S/C29H29N3O4/c1-35-24-10-8-22(17-25(24)36-2)29(34)32-14-11-18(12-15-32)26-23-9-7-21(28(30)33)16-20(23)6-5-19-4-3-13-31-27(19)26/h3-4,7-10,13,16-17H,5-6,11-12,14-15H2,1-2H3,(H2,30,33). The number of ether oxygens (including phenoxy) is 2. The summed E-state index contributed by atoms with van der Waals surface area (Å²) in [5.41, 5.74) is 13.5. The molecular formula is C29H29N3O4. The highest BCUT2D eigenvalue weighted by atomic mass is 16.5. The number of rotatable bonds is 4. The Morgan fingerprint density at radius 3 is 2.31 bits per heavy atom. The van der Waals surface area contributed by atoms with E-state index < -0.39 is 5.91 Å². The number of carbonyl (C=O) groups is 2. The molecule has 0 radical (unpaired) electrons. The highest BCUT2D eigenvalue weighted by Gasteiger charge is 2.27. The SMILES string of the molecule is COc1ccc(C(=O)N2CCC(=C3c4ccc(C(N)=O)cc4CCc4cccnc43)CC2)cc1OC. The summed E-state index contributed by atoms with van der Waals surface area (Å²) in [5.74, 6) is 0.688. The molecule has 184 valence electrons. The number of pyridine rings is 1. The summed E-state index contributed by atoms with van der Waals surface area (Å²) in [7, 11) is 3.14. The van der Waals surface area contributed by atoms with Crippen LogP contribution in [-0.2, 0) is 12.8 Å². The average Bonchev–Trinajstić information content (AvgIpc) is 3.08. The molecule has 3 aromatic rings. The molecule has 5 rings (SSSR count). The van der Waals surface area contributed by atoms with E-state index in [2.05, 4.69) is 6.07 Å². The number of piperidine rings is 1. The molecule has 2 amide bonds. The van der Waals surface area contributed by atoms with E-state index in [0.717, 1.165) is 48.1 Å². The van der Waals surface area contributed by atoms with Gasteiger partial charge >= 0.3 is 0 Å². The maximum atomic E-state index is 13.3. The monoisotopic (exact) mass is 483 g/mol. The molecule has 0 saturated carbocycles. The van der Waals surface area contributed by atoms with Gasteiger partial charge in [-0.25, -0.2) is 0 Å². The van der Waals surface area contributed by atoms with Gasteiger partial charge in [-0.05, 0) is 78.8 Å². The molecule has 2 N–H and O–H groups in total. The van der Waals surface area contributed by atoms with Crippen LogP contribution >= 0.6 is 0 Å². The van der Waals surface area contributed by atoms with Crippen molar-refractivity contribution in [3.8, 4) is 11.5 Å². The summed E-state index contributed by atoms with van der Waals surface area (Å²) in [4.78, 5) is 31.7. The maximum absolute atomic E-state index is 13.3. The van der Waals surface area contributed by atoms with Gasteiger partial charge in [0, 0.05) is 36.0 Å². The van der Waals surface area contributed by atoms with Crippen LogP contribution in [0.5, 0.6) is 11.5 Å². The van der Waals surface area contributed by atoms with Gasteiger partial charge in [0.25, 0.3) is 5.91 Å². The Bertz CT molecular complexity index is 1370. The van der Waals surface area contributed by atoms with E-state index in [-0.39, 0.29) is 5.91 Å². The fourth-order valence-corrected chi connectivity index (χ4v) is 5.20. The lowest BCUT2D eigenvalue weighted by atomic mass is 9.88. The van der Waals surface area contributed by atoms with Crippen molar-refractivity contribution >= 4 is 17.4 Å². The molecule has 7 nitrogen and oxygen atoms in total. The predicted molar refractivity (Wildman–Crippen MR) is 137 cm³/mol. The first-order valence-corrected chi connectivity index (χ1v) is 12.1. The van der Waals surface area contributed by atoms with E-state index in [1.54, 1.807) is 38.5 Å². The number of nitrogens with zero attached hydrogens (tertiary/aromatic N) is 2. The van der Waals surface area contributed by atoms with Gasteiger partial charge in [-0.15, -0.1) is 0 Å². The molecule has 36 heavy (non-hydrogen) atoms. The summed E-state index contributed by atoms with van der Waals surface area (Å²) < 4.78 is 10.7. The molecule has 0 unspecified atom stereocenters. The molecule has 1 fully saturated rings. The van der Waals surface area contributed by atoms with Crippen molar-refractivity contribution < 1.29 is 19.1 Å². The number of primary amides is 1. The number of hydrogen-bond donors (Lipinski definition) is 1. The Labute approximate surface area is 210 Å². The van der Waals surface area contributed by atoms with Gasteiger partial charge in [0.1, 0.15) is 0 Å². The normalized spacial score (nSPS) is 15.0. The zero-order valence-corrected chi connectivity index (χ0v) is 20.5. The first-order valence-electron chi connectivity index (χ1n) is 12.1. The zero-order valence-electron chi connectivity index (χ0n) is 20.5. The van der Waals surface area contributed by atoms with Gasteiger partial charge in [0.2, 0.25) is 5.91 Å². The second-order valence-corrected chi connectivity index (χ2v) is 9.09. The van der Waals surface area contributed by atoms with Gasteiger partial charge in [0.15, 0.2) is 11.5 Å². The van der Waals surface area contributed by atoms with Crippen molar-refractivity contribution in [2.45, 2.75) is 25.7 Å². The number of aromatic nitrogens is 1. The third kappa shape index (κ3) is 4.33. The molecule has 1 aliphatic heterocycles.